The molecule has 174 valence electrons. The van der Waals surface area contributed by atoms with E-state index in [0.717, 1.165) is 62.1 Å². The summed E-state index contributed by atoms with van der Waals surface area (Å²) < 4.78 is 36.5. The first-order chi connectivity index (χ1) is 14.7. The van der Waals surface area contributed by atoms with Crippen molar-refractivity contribution in [1.29, 1.82) is 0 Å². The maximum absolute atomic E-state index is 12.0. The van der Waals surface area contributed by atoms with Crippen molar-refractivity contribution < 1.29 is 22.7 Å². The summed E-state index contributed by atoms with van der Waals surface area (Å²) in [5, 5.41) is 0. The topological polar surface area (TPSA) is 76.2 Å². The largest absolute Gasteiger partial charge is 0.493 e. The predicted molar refractivity (Wildman–Crippen MR) is 121 cm³/mol. The third kappa shape index (κ3) is 6.84. The first kappa shape index (κ1) is 23.9. The van der Waals surface area contributed by atoms with E-state index in [0.29, 0.717) is 32.0 Å². The second kappa shape index (κ2) is 10.7. The summed E-state index contributed by atoms with van der Waals surface area (Å²) >= 11 is 0. The lowest BCUT2D eigenvalue weighted by atomic mass is 9.92. The Morgan fingerprint density at radius 1 is 1.16 bits per heavy atom. The van der Waals surface area contributed by atoms with Crippen LogP contribution in [0.2, 0.25) is 0 Å². The molecule has 7 nitrogen and oxygen atoms in total. The SMILES string of the molecule is CC(C)OC(=O)N1CCC(CCCCOc2cccc3c2CCN(S(C)(=O)=O)C3)CC1. The van der Waals surface area contributed by atoms with Crippen molar-refractivity contribution in [2.45, 2.75) is 65.0 Å². The number of nitrogens with zero attached hydrogens (tertiary/aromatic N) is 2. The van der Waals surface area contributed by atoms with Gasteiger partial charge in [0.2, 0.25) is 10.0 Å². The fourth-order valence-electron chi connectivity index (χ4n) is 4.36. The molecule has 0 saturated carbocycles. The maximum atomic E-state index is 12.0. The summed E-state index contributed by atoms with van der Waals surface area (Å²) in [6.45, 7) is 6.93. The van der Waals surface area contributed by atoms with Crippen LogP contribution >= 0.6 is 0 Å². The summed E-state index contributed by atoms with van der Waals surface area (Å²) in [4.78, 5) is 13.8. The van der Waals surface area contributed by atoms with E-state index in [1.165, 1.54) is 10.6 Å². The molecule has 0 unspecified atom stereocenters. The Morgan fingerprint density at radius 2 is 1.90 bits per heavy atom. The zero-order valence-electron chi connectivity index (χ0n) is 19.0. The molecule has 8 heteroatoms. The van der Waals surface area contributed by atoms with Gasteiger partial charge in [-0.25, -0.2) is 13.2 Å². The van der Waals surface area contributed by atoms with Crippen LogP contribution in [-0.4, -0.2) is 62.3 Å². The fourth-order valence-corrected chi connectivity index (χ4v) is 5.16. The molecule has 2 heterocycles. The van der Waals surface area contributed by atoms with E-state index in [1.54, 1.807) is 0 Å². The Morgan fingerprint density at radius 3 is 2.58 bits per heavy atom. The van der Waals surface area contributed by atoms with Gasteiger partial charge < -0.3 is 14.4 Å². The van der Waals surface area contributed by atoms with E-state index < -0.39 is 10.0 Å². The lowest BCUT2D eigenvalue weighted by Crippen LogP contribution is -2.39. The molecule has 0 spiro atoms. The monoisotopic (exact) mass is 452 g/mol. The number of likely N-dealkylation sites (tertiary alicyclic amines) is 1. The standard InChI is InChI=1S/C23H36N2O5S/c1-18(2)30-23(26)24-13-10-19(11-14-24)7-4-5-16-29-22-9-6-8-20-17-25(31(3,27)28)15-12-21(20)22/h6,8-9,18-19H,4-5,7,10-17H2,1-3H3. The first-order valence-electron chi connectivity index (χ1n) is 11.4. The van der Waals surface area contributed by atoms with Gasteiger partial charge >= 0.3 is 6.09 Å². The number of ether oxygens (including phenoxy) is 2. The Kier molecular flexibility index (Phi) is 8.22. The highest BCUT2D eigenvalue weighted by molar-refractivity contribution is 7.88. The number of carbonyl (C=O) groups excluding carboxylic acids is 1. The van der Waals surface area contributed by atoms with Crippen LogP contribution in [0.15, 0.2) is 18.2 Å². The van der Waals surface area contributed by atoms with E-state index in [4.69, 9.17) is 9.47 Å². The predicted octanol–water partition coefficient (Wildman–Crippen LogP) is 3.81. The molecule has 0 aliphatic carbocycles. The number of piperidine rings is 1. The van der Waals surface area contributed by atoms with Gasteiger partial charge in [-0.15, -0.1) is 0 Å². The smallest absolute Gasteiger partial charge is 0.410 e. The van der Waals surface area contributed by atoms with Crippen LogP contribution in [0.1, 0.15) is 57.1 Å². The Bertz CT molecular complexity index is 848. The molecule has 1 amide bonds. The van der Waals surface area contributed by atoms with E-state index >= 15 is 0 Å². The molecular weight excluding hydrogens is 416 g/mol. The number of carbonyl (C=O) groups is 1. The van der Waals surface area contributed by atoms with Crippen LogP contribution in [0, 0.1) is 5.92 Å². The van der Waals surface area contributed by atoms with Crippen molar-refractivity contribution in [3.8, 4) is 5.75 Å². The molecule has 0 radical (unpaired) electrons. The maximum Gasteiger partial charge on any atom is 0.410 e. The molecule has 0 N–H and O–H groups in total. The number of fused-ring (bicyclic) bond motifs is 1. The number of sulfonamides is 1. The van der Waals surface area contributed by atoms with Crippen molar-refractivity contribution in [1.82, 2.24) is 9.21 Å². The second-order valence-electron chi connectivity index (χ2n) is 8.95. The summed E-state index contributed by atoms with van der Waals surface area (Å²) in [5.41, 5.74) is 2.18. The summed E-state index contributed by atoms with van der Waals surface area (Å²) in [5.74, 6) is 1.55. The average Bonchev–Trinajstić information content (AvgIpc) is 2.72. The van der Waals surface area contributed by atoms with Crippen molar-refractivity contribution >= 4 is 16.1 Å². The lowest BCUT2D eigenvalue weighted by Gasteiger charge is -2.31. The minimum atomic E-state index is -3.17. The fraction of sp³-hybridized carbons (Fsp3) is 0.696. The molecule has 1 saturated heterocycles. The second-order valence-corrected chi connectivity index (χ2v) is 10.9. The third-order valence-electron chi connectivity index (χ3n) is 6.13. The van der Waals surface area contributed by atoms with Gasteiger partial charge in [-0.1, -0.05) is 18.6 Å². The van der Waals surface area contributed by atoms with Crippen LogP contribution in [0.3, 0.4) is 0 Å². The molecular formula is C23H36N2O5S. The molecule has 1 aromatic rings. The molecule has 0 atom stereocenters. The van der Waals surface area contributed by atoms with Crippen molar-refractivity contribution in [3.05, 3.63) is 29.3 Å². The van der Waals surface area contributed by atoms with Crippen molar-refractivity contribution in [3.63, 3.8) is 0 Å². The van der Waals surface area contributed by atoms with Gasteiger partial charge in [0.25, 0.3) is 0 Å². The van der Waals surface area contributed by atoms with Crippen LogP contribution in [0.25, 0.3) is 0 Å². The summed E-state index contributed by atoms with van der Waals surface area (Å²) in [6, 6.07) is 5.92. The average molecular weight is 453 g/mol. The zero-order chi connectivity index (χ0) is 22.4. The van der Waals surface area contributed by atoms with E-state index in [2.05, 4.69) is 0 Å². The highest BCUT2D eigenvalue weighted by atomic mass is 32.2. The van der Waals surface area contributed by atoms with Crippen molar-refractivity contribution in [2.75, 3.05) is 32.5 Å². The number of hydrogen-bond acceptors (Lipinski definition) is 5. The van der Waals surface area contributed by atoms with Crippen LogP contribution in [-0.2, 0) is 27.7 Å². The van der Waals surface area contributed by atoms with Gasteiger partial charge in [-0.3, -0.25) is 0 Å². The summed E-state index contributed by atoms with van der Waals surface area (Å²) in [6.07, 6.45) is 7.04. The molecule has 0 bridgehead atoms. The Labute approximate surface area is 186 Å². The molecule has 2 aliphatic heterocycles. The van der Waals surface area contributed by atoms with Gasteiger partial charge in [0.05, 0.1) is 19.0 Å². The number of unbranched alkanes of at least 4 members (excludes halogenated alkanes) is 1. The molecule has 2 aliphatic rings. The third-order valence-corrected chi connectivity index (χ3v) is 7.38. The van der Waals surface area contributed by atoms with E-state index in [9.17, 15) is 13.2 Å². The van der Waals surface area contributed by atoms with Crippen LogP contribution in [0.4, 0.5) is 4.79 Å². The lowest BCUT2D eigenvalue weighted by molar-refractivity contribution is 0.0645. The molecule has 1 aromatic carbocycles. The highest BCUT2D eigenvalue weighted by Gasteiger charge is 2.25. The van der Waals surface area contributed by atoms with Gasteiger partial charge in [-0.2, -0.15) is 4.31 Å². The molecule has 1 fully saturated rings. The number of benzene rings is 1. The molecule has 3 rings (SSSR count). The minimum Gasteiger partial charge on any atom is -0.493 e. The molecule has 31 heavy (non-hydrogen) atoms. The quantitative estimate of drug-likeness (QED) is 0.561. The summed E-state index contributed by atoms with van der Waals surface area (Å²) in [7, 11) is -3.17. The van der Waals surface area contributed by atoms with Crippen LogP contribution < -0.4 is 4.74 Å². The Hall–Kier alpha value is -1.80. The normalized spacial score (nSPS) is 18.1. The first-order valence-corrected chi connectivity index (χ1v) is 13.2. The van der Waals surface area contributed by atoms with E-state index in [-0.39, 0.29) is 12.2 Å². The highest BCUT2D eigenvalue weighted by Crippen LogP contribution is 2.29. The molecule has 0 aromatic heterocycles. The van der Waals surface area contributed by atoms with Gasteiger partial charge in [0.15, 0.2) is 0 Å². The number of rotatable bonds is 8. The van der Waals surface area contributed by atoms with Crippen LogP contribution in [0.5, 0.6) is 5.75 Å². The van der Waals surface area contributed by atoms with Gasteiger partial charge in [0.1, 0.15) is 5.75 Å². The van der Waals surface area contributed by atoms with E-state index in [1.807, 2.05) is 36.9 Å². The zero-order valence-corrected chi connectivity index (χ0v) is 19.8. The minimum absolute atomic E-state index is 0.0703. The number of hydrogen-bond donors (Lipinski definition) is 0. The van der Waals surface area contributed by atoms with Gasteiger partial charge in [-0.05, 0) is 69.1 Å². The number of amides is 1. The Balaban J connectivity index is 1.37. The van der Waals surface area contributed by atoms with Crippen molar-refractivity contribution in [2.24, 2.45) is 5.92 Å². The van der Waals surface area contributed by atoms with Gasteiger partial charge in [0, 0.05) is 26.2 Å².